The van der Waals surface area contributed by atoms with E-state index in [4.69, 9.17) is 14.2 Å². The van der Waals surface area contributed by atoms with E-state index in [1.807, 2.05) is 69.3 Å². The predicted octanol–water partition coefficient (Wildman–Crippen LogP) is 12.1. The fourth-order valence-corrected chi connectivity index (χ4v) is 4.47. The highest BCUT2D eigenvalue weighted by Crippen LogP contribution is 2.31. The average molecular weight is 709 g/mol. The van der Waals surface area contributed by atoms with Crippen LogP contribution in [0.15, 0.2) is 91.0 Å². The van der Waals surface area contributed by atoms with Crippen LogP contribution in [0.2, 0.25) is 0 Å². The fraction of sp³-hybridized carbons (Fsp3) is 0.556. The summed E-state index contributed by atoms with van der Waals surface area (Å²) in [4.78, 5) is 22.2. The number of esters is 2. The molecule has 6 nitrogen and oxygen atoms in total. The van der Waals surface area contributed by atoms with Gasteiger partial charge < -0.3 is 18.9 Å². The standard InChI is InChI=1S/C14H20O2.C10H14.C9H10O2.C6H12O2.2C3H8/c1-4-12(11-9-7-6-8-10-11)13(5-2)14(15)16-3;1-3-9(2)10-7-5-4-6-8-10;1-2-4-8(5-3-1)10-6-9-7-11-9;1-4-5(2)6(7)8-3;2*1-3-2/h6-10,12-13H,4-5H2,1-3H3;4-9H,3H2,1-2H3;1-5,9H,6-7H2;5H,4H2,1-3H3;2*3H2,1-2H3. The Kier molecular flexibility index (Phi) is 32.5. The Bertz CT molecular complexity index is 1180. The molecule has 288 valence electrons. The molecule has 1 aliphatic heterocycles. The van der Waals surface area contributed by atoms with E-state index in [-0.39, 0.29) is 29.7 Å². The summed E-state index contributed by atoms with van der Waals surface area (Å²) in [6.07, 6.45) is 6.70. The number of ether oxygens (including phenoxy) is 4. The van der Waals surface area contributed by atoms with Crippen molar-refractivity contribution in [2.24, 2.45) is 11.8 Å². The molecule has 0 N–H and O–H groups in total. The number of benzene rings is 3. The monoisotopic (exact) mass is 709 g/mol. The number of carbonyl (C=O) groups is 2. The number of para-hydroxylation sites is 1. The molecule has 0 aromatic heterocycles. The van der Waals surface area contributed by atoms with Gasteiger partial charge in [0.25, 0.3) is 0 Å². The lowest BCUT2D eigenvalue weighted by Gasteiger charge is -2.23. The summed E-state index contributed by atoms with van der Waals surface area (Å²) >= 11 is 0. The van der Waals surface area contributed by atoms with Gasteiger partial charge in [-0.05, 0) is 60.8 Å². The third kappa shape index (κ3) is 25.0. The lowest BCUT2D eigenvalue weighted by molar-refractivity contribution is -0.146. The molecule has 6 heteroatoms. The molecule has 1 fully saturated rings. The van der Waals surface area contributed by atoms with E-state index in [0.717, 1.165) is 31.6 Å². The van der Waals surface area contributed by atoms with Crippen molar-refractivity contribution in [2.75, 3.05) is 27.4 Å². The zero-order valence-electron chi connectivity index (χ0n) is 34.2. The molecular weight excluding hydrogens is 636 g/mol. The van der Waals surface area contributed by atoms with E-state index >= 15 is 0 Å². The maximum Gasteiger partial charge on any atom is 0.309 e. The largest absolute Gasteiger partial charge is 0.491 e. The molecule has 5 atom stereocenters. The molecule has 5 unspecified atom stereocenters. The fourth-order valence-electron chi connectivity index (χ4n) is 4.47. The van der Waals surface area contributed by atoms with E-state index in [9.17, 15) is 9.59 Å². The molecule has 0 saturated carbocycles. The number of methoxy groups -OCH3 is 2. The van der Waals surface area contributed by atoms with Crippen molar-refractivity contribution in [3.63, 3.8) is 0 Å². The normalized spacial score (nSPS) is 14.3. The summed E-state index contributed by atoms with van der Waals surface area (Å²) in [6.45, 7) is 22.5. The van der Waals surface area contributed by atoms with Crippen LogP contribution in [0.3, 0.4) is 0 Å². The van der Waals surface area contributed by atoms with Gasteiger partial charge in [0.2, 0.25) is 0 Å². The number of epoxide rings is 1. The summed E-state index contributed by atoms with van der Waals surface area (Å²) in [6, 6.07) is 30.6. The highest BCUT2D eigenvalue weighted by molar-refractivity contribution is 5.73. The second kappa shape index (κ2) is 33.5. The Balaban J connectivity index is 0. The van der Waals surface area contributed by atoms with Gasteiger partial charge in [-0.15, -0.1) is 0 Å². The number of hydrogen-bond acceptors (Lipinski definition) is 6. The van der Waals surface area contributed by atoms with Crippen molar-refractivity contribution in [1.82, 2.24) is 0 Å². The quantitative estimate of drug-likeness (QED) is 0.138. The lowest BCUT2D eigenvalue weighted by Crippen LogP contribution is -2.22. The van der Waals surface area contributed by atoms with E-state index in [1.165, 1.54) is 44.6 Å². The minimum Gasteiger partial charge on any atom is -0.491 e. The number of hydrogen-bond donors (Lipinski definition) is 0. The summed E-state index contributed by atoms with van der Waals surface area (Å²) in [7, 11) is 2.87. The zero-order chi connectivity index (χ0) is 38.9. The Morgan fingerprint density at radius 2 is 1.06 bits per heavy atom. The molecule has 0 spiro atoms. The Labute approximate surface area is 312 Å². The van der Waals surface area contributed by atoms with Gasteiger partial charge in [0, 0.05) is 0 Å². The van der Waals surface area contributed by atoms with Crippen molar-refractivity contribution in [2.45, 2.75) is 126 Å². The lowest BCUT2D eigenvalue weighted by atomic mass is 9.82. The van der Waals surface area contributed by atoms with Crippen LogP contribution < -0.4 is 4.74 Å². The predicted molar refractivity (Wildman–Crippen MR) is 215 cm³/mol. The molecule has 3 aromatic rings. The molecule has 3 aromatic carbocycles. The van der Waals surface area contributed by atoms with E-state index in [0.29, 0.717) is 18.6 Å². The van der Waals surface area contributed by atoms with Gasteiger partial charge in [-0.25, -0.2) is 0 Å². The number of rotatable bonds is 12. The summed E-state index contributed by atoms with van der Waals surface area (Å²) in [5.74, 6) is 1.70. The second-order valence-electron chi connectivity index (χ2n) is 12.5. The van der Waals surface area contributed by atoms with E-state index < -0.39 is 0 Å². The molecule has 4 rings (SSSR count). The Morgan fingerprint density at radius 3 is 1.39 bits per heavy atom. The molecule has 1 aliphatic rings. The Morgan fingerprint density at radius 1 is 0.627 bits per heavy atom. The van der Waals surface area contributed by atoms with Crippen LogP contribution in [0.4, 0.5) is 0 Å². The van der Waals surface area contributed by atoms with Crippen molar-refractivity contribution < 1.29 is 28.5 Å². The van der Waals surface area contributed by atoms with E-state index in [2.05, 4.69) is 95.7 Å². The number of carbonyl (C=O) groups excluding carboxylic acids is 2. The highest BCUT2D eigenvalue weighted by Gasteiger charge is 2.27. The maximum absolute atomic E-state index is 11.7. The van der Waals surface area contributed by atoms with Crippen LogP contribution >= 0.6 is 0 Å². The Hall–Kier alpha value is -3.64. The smallest absolute Gasteiger partial charge is 0.309 e. The summed E-state index contributed by atoms with van der Waals surface area (Å²) in [5, 5.41) is 0. The molecule has 0 aliphatic carbocycles. The van der Waals surface area contributed by atoms with E-state index in [1.54, 1.807) is 0 Å². The minimum absolute atomic E-state index is 0.0302. The third-order valence-electron chi connectivity index (χ3n) is 7.88. The molecule has 1 heterocycles. The highest BCUT2D eigenvalue weighted by atomic mass is 16.6. The summed E-state index contributed by atoms with van der Waals surface area (Å²) in [5.41, 5.74) is 2.67. The van der Waals surface area contributed by atoms with Crippen LogP contribution in [0.5, 0.6) is 5.75 Å². The van der Waals surface area contributed by atoms with Crippen molar-refractivity contribution in [3.05, 3.63) is 102 Å². The van der Waals surface area contributed by atoms with Crippen molar-refractivity contribution >= 4 is 11.9 Å². The van der Waals surface area contributed by atoms with Crippen LogP contribution in [-0.4, -0.2) is 45.5 Å². The average Bonchev–Trinajstić information content (AvgIpc) is 4.02. The minimum atomic E-state index is -0.118. The molecule has 1 saturated heterocycles. The first-order valence-corrected chi connectivity index (χ1v) is 19.1. The summed E-state index contributed by atoms with van der Waals surface area (Å²) < 4.78 is 19.7. The topological polar surface area (TPSA) is 74.4 Å². The van der Waals surface area contributed by atoms with Crippen molar-refractivity contribution in [3.8, 4) is 5.75 Å². The van der Waals surface area contributed by atoms with Gasteiger partial charge in [0.1, 0.15) is 18.5 Å². The van der Waals surface area contributed by atoms with Crippen LogP contribution in [0, 0.1) is 11.8 Å². The second-order valence-corrected chi connectivity index (χ2v) is 12.5. The van der Waals surface area contributed by atoms with Crippen LogP contribution in [0.25, 0.3) is 0 Å². The SMILES string of the molecule is CCC.CCC.CCC(C(=O)OC)C(CC)c1ccccc1.CCC(C)C(=O)OC.CCC(C)c1ccccc1.c1ccc(OCC2CO2)cc1. The first-order chi connectivity index (χ1) is 24.6. The van der Waals surface area contributed by atoms with Gasteiger partial charge in [-0.1, -0.05) is 161 Å². The van der Waals surface area contributed by atoms with Gasteiger partial charge in [-0.2, -0.15) is 0 Å². The van der Waals surface area contributed by atoms with Gasteiger partial charge in [0.05, 0.1) is 32.7 Å². The molecular formula is C45H72O6. The molecule has 51 heavy (non-hydrogen) atoms. The van der Waals surface area contributed by atoms with Gasteiger partial charge in [-0.3, -0.25) is 9.59 Å². The van der Waals surface area contributed by atoms with Crippen LogP contribution in [0.1, 0.15) is 131 Å². The molecule has 0 amide bonds. The third-order valence-corrected chi connectivity index (χ3v) is 7.88. The van der Waals surface area contributed by atoms with Crippen LogP contribution in [-0.2, 0) is 23.8 Å². The maximum atomic E-state index is 11.7. The van der Waals surface area contributed by atoms with Gasteiger partial charge in [0.15, 0.2) is 0 Å². The molecule has 0 bridgehead atoms. The van der Waals surface area contributed by atoms with Crippen molar-refractivity contribution in [1.29, 1.82) is 0 Å². The first kappa shape index (κ1) is 49.5. The molecule has 0 radical (unpaired) electrons. The van der Waals surface area contributed by atoms with Gasteiger partial charge >= 0.3 is 11.9 Å². The first-order valence-electron chi connectivity index (χ1n) is 19.1. The zero-order valence-corrected chi connectivity index (χ0v) is 34.2.